The van der Waals surface area contributed by atoms with Crippen LogP contribution in [0.25, 0.3) is 0 Å². The molecular formula is C17H16ClN3O2. The predicted molar refractivity (Wildman–Crippen MR) is 89.2 cm³/mol. The fraction of sp³-hybridized carbons (Fsp3) is 0.176. The molecule has 5 nitrogen and oxygen atoms in total. The first-order chi connectivity index (χ1) is 10.9. The third-order valence-electron chi connectivity index (χ3n) is 3.34. The van der Waals surface area contributed by atoms with E-state index in [1.807, 2.05) is 24.3 Å². The first-order valence-electron chi connectivity index (χ1n) is 6.95. The van der Waals surface area contributed by atoms with Gasteiger partial charge in [-0.15, -0.1) is 0 Å². The van der Waals surface area contributed by atoms with E-state index in [-0.39, 0.29) is 11.6 Å². The lowest BCUT2D eigenvalue weighted by Gasteiger charge is -2.24. The number of halogens is 1. The van der Waals surface area contributed by atoms with Gasteiger partial charge in [0.2, 0.25) is 0 Å². The van der Waals surface area contributed by atoms with Gasteiger partial charge in [-0.2, -0.15) is 5.26 Å². The first kappa shape index (κ1) is 16.8. The van der Waals surface area contributed by atoms with E-state index in [0.29, 0.717) is 16.8 Å². The van der Waals surface area contributed by atoms with Gasteiger partial charge in [-0.1, -0.05) is 41.9 Å². The Morgan fingerprint density at radius 2 is 2.00 bits per heavy atom. The molecular weight excluding hydrogens is 314 g/mol. The van der Waals surface area contributed by atoms with Crippen LogP contribution in [0.5, 0.6) is 0 Å². The highest BCUT2D eigenvalue weighted by Crippen LogP contribution is 2.21. The first-order valence-corrected chi connectivity index (χ1v) is 7.32. The Balaban J connectivity index is 1.95. The van der Waals surface area contributed by atoms with E-state index in [0.717, 1.165) is 0 Å². The van der Waals surface area contributed by atoms with E-state index in [9.17, 15) is 9.90 Å². The average molecular weight is 330 g/mol. The number of urea groups is 1. The number of aliphatic hydroxyl groups is 1. The zero-order valence-electron chi connectivity index (χ0n) is 12.5. The van der Waals surface area contributed by atoms with Gasteiger partial charge in [0.25, 0.3) is 0 Å². The number of benzene rings is 2. The molecule has 23 heavy (non-hydrogen) atoms. The van der Waals surface area contributed by atoms with E-state index in [4.69, 9.17) is 16.9 Å². The maximum absolute atomic E-state index is 11.9. The van der Waals surface area contributed by atoms with Gasteiger partial charge in [0, 0.05) is 5.69 Å². The summed E-state index contributed by atoms with van der Waals surface area (Å²) in [5.74, 6) is 0. The summed E-state index contributed by atoms with van der Waals surface area (Å²) in [5, 5.41) is 24.7. The molecule has 6 heteroatoms. The molecule has 2 aromatic carbocycles. The van der Waals surface area contributed by atoms with Gasteiger partial charge >= 0.3 is 6.03 Å². The molecule has 0 spiro atoms. The van der Waals surface area contributed by atoms with Gasteiger partial charge < -0.3 is 15.7 Å². The van der Waals surface area contributed by atoms with Crippen LogP contribution in [-0.2, 0) is 5.60 Å². The highest BCUT2D eigenvalue weighted by Gasteiger charge is 2.23. The van der Waals surface area contributed by atoms with Gasteiger partial charge in [0.1, 0.15) is 11.7 Å². The normalized spacial score (nSPS) is 12.8. The molecule has 0 saturated carbocycles. The van der Waals surface area contributed by atoms with Crippen LogP contribution in [0.3, 0.4) is 0 Å². The van der Waals surface area contributed by atoms with Crippen molar-refractivity contribution < 1.29 is 9.90 Å². The lowest BCUT2D eigenvalue weighted by atomic mass is 9.96. The number of nitrogens with zero attached hydrogens (tertiary/aromatic N) is 1. The molecule has 0 radical (unpaired) electrons. The minimum atomic E-state index is -1.18. The SMILES string of the molecule is CC(O)(CNC(=O)Nc1ccc(C#N)c(Cl)c1)c1ccccc1. The summed E-state index contributed by atoms with van der Waals surface area (Å²) >= 11 is 5.91. The molecule has 0 aromatic heterocycles. The molecule has 0 heterocycles. The second kappa shape index (κ2) is 7.14. The van der Waals surface area contributed by atoms with E-state index >= 15 is 0 Å². The molecule has 2 rings (SSSR count). The topological polar surface area (TPSA) is 85.2 Å². The summed E-state index contributed by atoms with van der Waals surface area (Å²) in [4.78, 5) is 11.9. The van der Waals surface area contributed by atoms with Crippen molar-refractivity contribution in [1.82, 2.24) is 5.32 Å². The molecule has 0 saturated heterocycles. The molecule has 2 aromatic rings. The van der Waals surface area contributed by atoms with Crippen LogP contribution in [0.2, 0.25) is 5.02 Å². The van der Waals surface area contributed by atoms with Crippen LogP contribution < -0.4 is 10.6 Å². The van der Waals surface area contributed by atoms with Crippen LogP contribution in [-0.4, -0.2) is 17.7 Å². The number of anilines is 1. The summed E-state index contributed by atoms with van der Waals surface area (Å²) in [5.41, 5.74) is 0.332. The number of nitriles is 1. The van der Waals surface area contributed by atoms with Crippen molar-refractivity contribution in [3.8, 4) is 6.07 Å². The van der Waals surface area contributed by atoms with Crippen LogP contribution in [0.15, 0.2) is 48.5 Å². The van der Waals surface area contributed by atoms with Crippen molar-refractivity contribution in [3.63, 3.8) is 0 Å². The summed E-state index contributed by atoms with van der Waals surface area (Å²) in [7, 11) is 0. The number of hydrogen-bond acceptors (Lipinski definition) is 3. The molecule has 0 aliphatic carbocycles. The smallest absolute Gasteiger partial charge is 0.319 e. The molecule has 3 N–H and O–H groups in total. The maximum atomic E-state index is 11.9. The Bertz CT molecular complexity index is 739. The van der Waals surface area contributed by atoms with E-state index in [1.165, 1.54) is 12.1 Å². The third kappa shape index (κ3) is 4.46. The second-order valence-electron chi connectivity index (χ2n) is 5.25. The van der Waals surface area contributed by atoms with E-state index in [2.05, 4.69) is 10.6 Å². The van der Waals surface area contributed by atoms with Crippen LogP contribution >= 0.6 is 11.6 Å². The maximum Gasteiger partial charge on any atom is 0.319 e. The number of carbonyl (C=O) groups is 1. The average Bonchev–Trinajstić information content (AvgIpc) is 2.54. The predicted octanol–water partition coefficient (Wildman–Crippen LogP) is 3.24. The number of hydrogen-bond donors (Lipinski definition) is 3. The Morgan fingerprint density at radius 1 is 1.30 bits per heavy atom. The second-order valence-corrected chi connectivity index (χ2v) is 5.66. The molecule has 118 valence electrons. The highest BCUT2D eigenvalue weighted by molar-refractivity contribution is 6.32. The van der Waals surface area contributed by atoms with E-state index in [1.54, 1.807) is 25.1 Å². The molecule has 0 aliphatic rings. The summed E-state index contributed by atoms with van der Waals surface area (Å²) in [6.07, 6.45) is 0. The largest absolute Gasteiger partial charge is 0.384 e. The lowest BCUT2D eigenvalue weighted by molar-refractivity contribution is 0.0599. The quantitative estimate of drug-likeness (QED) is 0.805. The summed E-state index contributed by atoms with van der Waals surface area (Å²) < 4.78 is 0. The van der Waals surface area contributed by atoms with Gasteiger partial charge in [0.05, 0.1) is 17.1 Å². The van der Waals surface area contributed by atoms with Gasteiger partial charge in [-0.05, 0) is 30.7 Å². The molecule has 0 bridgehead atoms. The minimum Gasteiger partial charge on any atom is -0.384 e. The Labute approximate surface area is 139 Å². The zero-order valence-corrected chi connectivity index (χ0v) is 13.3. The molecule has 1 unspecified atom stereocenters. The number of nitrogens with one attached hydrogen (secondary N) is 2. The van der Waals surface area contributed by atoms with Crippen molar-refractivity contribution in [2.24, 2.45) is 0 Å². The van der Waals surface area contributed by atoms with Crippen LogP contribution in [0.1, 0.15) is 18.1 Å². The number of amides is 2. The van der Waals surface area contributed by atoms with E-state index < -0.39 is 11.6 Å². The van der Waals surface area contributed by atoms with Crippen LogP contribution in [0, 0.1) is 11.3 Å². The molecule has 2 amide bonds. The van der Waals surface area contributed by atoms with Crippen LogP contribution in [0.4, 0.5) is 10.5 Å². The molecule has 1 atom stereocenters. The lowest BCUT2D eigenvalue weighted by Crippen LogP contribution is -2.40. The highest BCUT2D eigenvalue weighted by atomic mass is 35.5. The summed E-state index contributed by atoms with van der Waals surface area (Å²) in [6.45, 7) is 1.67. The van der Waals surface area contributed by atoms with Crippen molar-refractivity contribution >= 4 is 23.3 Å². The van der Waals surface area contributed by atoms with Crippen molar-refractivity contribution in [2.75, 3.05) is 11.9 Å². The Morgan fingerprint density at radius 3 is 2.61 bits per heavy atom. The third-order valence-corrected chi connectivity index (χ3v) is 3.65. The van der Waals surface area contributed by atoms with Gasteiger partial charge in [0.15, 0.2) is 0 Å². The number of rotatable bonds is 4. The van der Waals surface area contributed by atoms with Crippen molar-refractivity contribution in [2.45, 2.75) is 12.5 Å². The Hall–Kier alpha value is -2.55. The zero-order chi connectivity index (χ0) is 16.9. The molecule has 0 fully saturated rings. The fourth-order valence-electron chi connectivity index (χ4n) is 2.01. The van der Waals surface area contributed by atoms with Crippen molar-refractivity contribution in [1.29, 1.82) is 5.26 Å². The fourth-order valence-corrected chi connectivity index (χ4v) is 2.23. The summed E-state index contributed by atoms with van der Waals surface area (Å²) in [6, 6.07) is 15.2. The van der Waals surface area contributed by atoms with Crippen molar-refractivity contribution in [3.05, 3.63) is 64.7 Å². The molecule has 0 aliphatic heterocycles. The standard InChI is InChI=1S/C17H16ClN3O2/c1-17(23,13-5-3-2-4-6-13)11-20-16(22)21-14-8-7-12(10-19)15(18)9-14/h2-9,23H,11H2,1H3,(H2,20,21,22). The minimum absolute atomic E-state index is 0.0485. The Kier molecular flexibility index (Phi) is 5.22. The van der Waals surface area contributed by atoms with Gasteiger partial charge in [-0.25, -0.2) is 4.79 Å². The monoisotopic (exact) mass is 329 g/mol. The number of carbonyl (C=O) groups excluding carboxylic acids is 1. The van der Waals surface area contributed by atoms with Gasteiger partial charge in [-0.3, -0.25) is 0 Å².